The van der Waals surface area contributed by atoms with E-state index in [2.05, 4.69) is 10.6 Å². The van der Waals surface area contributed by atoms with Crippen LogP contribution >= 0.6 is 11.8 Å². The van der Waals surface area contributed by atoms with Crippen LogP contribution in [0.5, 0.6) is 0 Å². The van der Waals surface area contributed by atoms with Gasteiger partial charge in [0.25, 0.3) is 5.91 Å². The van der Waals surface area contributed by atoms with Gasteiger partial charge in [-0.15, -0.1) is 11.8 Å². The Balaban J connectivity index is 1.76. The lowest BCUT2D eigenvalue weighted by molar-refractivity contribution is -0.118. The summed E-state index contributed by atoms with van der Waals surface area (Å²) in [5, 5.41) is 15.7. The Labute approximate surface area is 146 Å². The summed E-state index contributed by atoms with van der Waals surface area (Å²) in [6.07, 6.45) is 1.45. The minimum Gasteiger partial charge on any atom is -0.509 e. The van der Waals surface area contributed by atoms with Crippen molar-refractivity contribution < 1.29 is 14.7 Å². The standard InChI is InChI=1S/C18H24N2O3S/c1-12(2)10-14-16(22)17(18(23)20-14)24-11-15(21)19-9-8-13-6-4-3-5-7-13/h3-7,12,14,22H,8-11H2,1-2H3,(H,19,21)(H,20,23). The zero-order valence-electron chi connectivity index (χ0n) is 14.0. The zero-order chi connectivity index (χ0) is 17.5. The maximum atomic E-state index is 11.9. The molecule has 1 heterocycles. The number of aliphatic hydroxyl groups excluding tert-OH is 1. The number of carbonyl (C=O) groups is 2. The van der Waals surface area contributed by atoms with Crippen molar-refractivity contribution in [3.8, 4) is 0 Å². The quantitative estimate of drug-likeness (QED) is 0.674. The van der Waals surface area contributed by atoms with E-state index in [1.165, 1.54) is 0 Å². The third kappa shape index (κ3) is 5.30. The van der Waals surface area contributed by atoms with Crippen molar-refractivity contribution in [1.29, 1.82) is 0 Å². The van der Waals surface area contributed by atoms with Gasteiger partial charge in [0.1, 0.15) is 10.7 Å². The van der Waals surface area contributed by atoms with Crippen molar-refractivity contribution in [3.63, 3.8) is 0 Å². The average molecular weight is 348 g/mol. The highest BCUT2D eigenvalue weighted by Gasteiger charge is 2.32. The van der Waals surface area contributed by atoms with Gasteiger partial charge >= 0.3 is 0 Å². The number of carbonyl (C=O) groups excluding carboxylic acids is 2. The maximum absolute atomic E-state index is 11.9. The van der Waals surface area contributed by atoms with Crippen LogP contribution in [0.25, 0.3) is 0 Å². The van der Waals surface area contributed by atoms with Gasteiger partial charge in [-0.05, 0) is 24.3 Å². The predicted octanol–water partition coefficient (Wildman–Crippen LogP) is 2.39. The van der Waals surface area contributed by atoms with Crippen LogP contribution in [-0.2, 0) is 16.0 Å². The van der Waals surface area contributed by atoms with Crippen LogP contribution in [0, 0.1) is 5.92 Å². The molecule has 24 heavy (non-hydrogen) atoms. The summed E-state index contributed by atoms with van der Waals surface area (Å²) in [6, 6.07) is 9.59. The normalized spacial score (nSPS) is 17.3. The number of nitrogens with one attached hydrogen (secondary N) is 2. The Bertz CT molecular complexity index is 614. The van der Waals surface area contributed by atoms with Crippen molar-refractivity contribution >= 4 is 23.6 Å². The van der Waals surface area contributed by atoms with Gasteiger partial charge in [-0.25, -0.2) is 0 Å². The monoisotopic (exact) mass is 348 g/mol. The molecule has 1 unspecified atom stereocenters. The summed E-state index contributed by atoms with van der Waals surface area (Å²) in [4.78, 5) is 24.1. The zero-order valence-corrected chi connectivity index (χ0v) is 14.9. The minimum absolute atomic E-state index is 0.0655. The largest absolute Gasteiger partial charge is 0.509 e. The maximum Gasteiger partial charge on any atom is 0.261 e. The molecule has 1 aromatic carbocycles. The second-order valence-electron chi connectivity index (χ2n) is 6.24. The lowest BCUT2D eigenvalue weighted by atomic mass is 10.0. The van der Waals surface area contributed by atoms with Crippen LogP contribution in [0.3, 0.4) is 0 Å². The van der Waals surface area contributed by atoms with E-state index in [9.17, 15) is 14.7 Å². The van der Waals surface area contributed by atoms with Crippen molar-refractivity contribution in [2.75, 3.05) is 12.3 Å². The van der Waals surface area contributed by atoms with E-state index in [0.29, 0.717) is 18.9 Å². The summed E-state index contributed by atoms with van der Waals surface area (Å²) < 4.78 is 0. The molecule has 0 bridgehead atoms. The second kappa shape index (κ2) is 8.78. The minimum atomic E-state index is -0.332. The molecule has 0 saturated carbocycles. The number of hydrogen-bond donors (Lipinski definition) is 3. The molecular weight excluding hydrogens is 324 g/mol. The summed E-state index contributed by atoms with van der Waals surface area (Å²) in [6.45, 7) is 4.62. The fourth-order valence-corrected chi connectivity index (χ4v) is 3.39. The molecule has 0 aromatic heterocycles. The third-order valence-electron chi connectivity index (χ3n) is 3.71. The molecule has 0 aliphatic carbocycles. The summed E-state index contributed by atoms with van der Waals surface area (Å²) in [5.41, 5.74) is 1.16. The molecular formula is C18H24N2O3S. The van der Waals surface area contributed by atoms with Gasteiger partial charge in [-0.3, -0.25) is 9.59 Å². The van der Waals surface area contributed by atoms with Gasteiger partial charge in [0.05, 0.1) is 11.8 Å². The van der Waals surface area contributed by atoms with E-state index in [1.54, 1.807) is 0 Å². The summed E-state index contributed by atoms with van der Waals surface area (Å²) >= 11 is 1.09. The first kappa shape index (κ1) is 18.4. The first-order valence-electron chi connectivity index (χ1n) is 8.14. The highest BCUT2D eigenvalue weighted by Crippen LogP contribution is 2.28. The van der Waals surface area contributed by atoms with Crippen LogP contribution in [0.15, 0.2) is 41.0 Å². The van der Waals surface area contributed by atoms with Crippen LogP contribution in [0.4, 0.5) is 0 Å². The molecule has 2 amide bonds. The predicted molar refractivity (Wildman–Crippen MR) is 96.7 cm³/mol. The van der Waals surface area contributed by atoms with Gasteiger partial charge < -0.3 is 15.7 Å². The van der Waals surface area contributed by atoms with Gasteiger partial charge in [-0.1, -0.05) is 44.2 Å². The van der Waals surface area contributed by atoms with E-state index in [4.69, 9.17) is 0 Å². The molecule has 0 fully saturated rings. The van der Waals surface area contributed by atoms with E-state index >= 15 is 0 Å². The molecule has 0 radical (unpaired) electrons. The van der Waals surface area contributed by atoms with Gasteiger partial charge in [0, 0.05) is 6.54 Å². The van der Waals surface area contributed by atoms with Gasteiger partial charge in [0.2, 0.25) is 5.91 Å². The van der Waals surface area contributed by atoms with Crippen LogP contribution in [0.1, 0.15) is 25.8 Å². The van der Waals surface area contributed by atoms with E-state index in [1.807, 2.05) is 44.2 Å². The number of benzene rings is 1. The fraction of sp³-hybridized carbons (Fsp3) is 0.444. The van der Waals surface area contributed by atoms with Crippen LogP contribution in [-0.4, -0.2) is 35.3 Å². The Morgan fingerprint density at radius 2 is 2.04 bits per heavy atom. The smallest absolute Gasteiger partial charge is 0.261 e. The van der Waals surface area contributed by atoms with Crippen LogP contribution < -0.4 is 10.6 Å². The molecule has 1 aromatic rings. The van der Waals surface area contributed by atoms with Crippen LogP contribution in [0.2, 0.25) is 0 Å². The third-order valence-corrected chi connectivity index (χ3v) is 4.80. The first-order chi connectivity index (χ1) is 11.5. The highest BCUT2D eigenvalue weighted by atomic mass is 32.2. The topological polar surface area (TPSA) is 78.4 Å². The number of rotatable bonds is 8. The molecule has 0 spiro atoms. The molecule has 1 aliphatic heterocycles. The molecule has 0 saturated heterocycles. The van der Waals surface area contributed by atoms with E-state index < -0.39 is 0 Å². The summed E-state index contributed by atoms with van der Waals surface area (Å²) in [5.74, 6) is 0.117. The van der Waals surface area contributed by atoms with Gasteiger partial charge in [0.15, 0.2) is 0 Å². The highest BCUT2D eigenvalue weighted by molar-refractivity contribution is 8.04. The number of thioether (sulfide) groups is 1. The SMILES string of the molecule is CC(C)CC1NC(=O)C(SCC(=O)NCCc2ccccc2)=C1O. The molecule has 3 N–H and O–H groups in total. The molecule has 6 heteroatoms. The molecule has 2 rings (SSSR count). The number of aliphatic hydroxyl groups is 1. The van der Waals surface area contributed by atoms with Gasteiger partial charge in [-0.2, -0.15) is 0 Å². The van der Waals surface area contributed by atoms with E-state index in [0.717, 1.165) is 23.7 Å². The Kier molecular flexibility index (Phi) is 6.73. The van der Waals surface area contributed by atoms with Crippen molar-refractivity contribution in [1.82, 2.24) is 10.6 Å². The second-order valence-corrected chi connectivity index (χ2v) is 7.23. The fourth-order valence-electron chi connectivity index (χ4n) is 2.53. The number of hydrogen-bond acceptors (Lipinski definition) is 4. The van der Waals surface area contributed by atoms with Crippen molar-refractivity contribution in [2.45, 2.75) is 32.7 Å². The van der Waals surface area contributed by atoms with Crippen molar-refractivity contribution in [2.24, 2.45) is 5.92 Å². The molecule has 1 atom stereocenters. The summed E-state index contributed by atoms with van der Waals surface area (Å²) in [7, 11) is 0. The molecule has 5 nitrogen and oxygen atoms in total. The Morgan fingerprint density at radius 3 is 2.71 bits per heavy atom. The lowest BCUT2D eigenvalue weighted by Crippen LogP contribution is -2.30. The Hall–Kier alpha value is -1.95. The average Bonchev–Trinajstić information content (AvgIpc) is 2.80. The van der Waals surface area contributed by atoms with Crippen molar-refractivity contribution in [3.05, 3.63) is 46.6 Å². The molecule has 130 valence electrons. The first-order valence-corrected chi connectivity index (χ1v) is 9.13. The lowest BCUT2D eigenvalue weighted by Gasteiger charge is -2.12. The number of amides is 2. The molecule has 1 aliphatic rings. The van der Waals surface area contributed by atoms with E-state index in [-0.39, 0.29) is 34.3 Å². The Morgan fingerprint density at radius 1 is 1.33 bits per heavy atom.